The lowest BCUT2D eigenvalue weighted by atomic mass is 9.85. The van der Waals surface area contributed by atoms with Crippen molar-refractivity contribution in [2.45, 2.75) is 49.7 Å². The zero-order valence-electron chi connectivity index (χ0n) is 17.6. The molecule has 0 radical (unpaired) electrons. The van der Waals surface area contributed by atoms with Crippen LogP contribution in [-0.4, -0.2) is 30.2 Å². The van der Waals surface area contributed by atoms with Gasteiger partial charge < -0.3 is 4.18 Å². The number of fused-ring (bicyclic) bond motifs is 6. The van der Waals surface area contributed by atoms with Gasteiger partial charge in [0.25, 0.3) is 0 Å². The molecular weight excluding hydrogens is 426 g/mol. The number of carbonyl (C=O) groups is 2. The van der Waals surface area contributed by atoms with Gasteiger partial charge in [0.05, 0.1) is 10.9 Å². The summed E-state index contributed by atoms with van der Waals surface area (Å²) in [5.74, 6) is -0.958. The summed E-state index contributed by atoms with van der Waals surface area (Å²) in [4.78, 5) is 31.1. The van der Waals surface area contributed by atoms with Crippen LogP contribution in [0.5, 0.6) is 5.75 Å². The van der Waals surface area contributed by atoms with Crippen LogP contribution in [0.15, 0.2) is 42.5 Å². The average molecular weight is 452 g/mol. The zero-order valence-corrected chi connectivity index (χ0v) is 18.5. The first kappa shape index (κ1) is 20.1. The number of rotatable bonds is 4. The number of para-hydroxylation sites is 1. The number of nitrogens with zero attached hydrogens (tertiary/aromatic N) is 1. The summed E-state index contributed by atoms with van der Waals surface area (Å²) in [5, 5.41) is 0.208. The molecule has 4 aliphatic rings. The van der Waals surface area contributed by atoms with Gasteiger partial charge in [0, 0.05) is 17.2 Å². The number of hydrogen-bond acceptors (Lipinski definition) is 6. The third kappa shape index (κ3) is 2.97. The Kier molecular flexibility index (Phi) is 4.54. The lowest BCUT2D eigenvalue weighted by Gasteiger charge is -2.21. The van der Waals surface area contributed by atoms with Crippen molar-refractivity contribution >= 4 is 32.6 Å². The Labute approximate surface area is 187 Å². The smallest absolute Gasteiger partial charge is 0.312 e. The number of aromatic nitrogens is 1. The topological polar surface area (TPSA) is 90.4 Å². The van der Waals surface area contributed by atoms with E-state index in [0.29, 0.717) is 29.4 Å². The quantitative estimate of drug-likeness (QED) is 0.397. The van der Waals surface area contributed by atoms with E-state index in [1.54, 1.807) is 24.3 Å². The van der Waals surface area contributed by atoms with E-state index in [4.69, 9.17) is 4.18 Å². The molecule has 0 saturated heterocycles. The second kappa shape index (κ2) is 7.24. The fourth-order valence-electron chi connectivity index (χ4n) is 6.32. The summed E-state index contributed by atoms with van der Waals surface area (Å²) in [7, 11) is -3.78. The van der Waals surface area contributed by atoms with E-state index < -0.39 is 21.3 Å². The predicted octanol–water partition coefficient (Wildman–Crippen LogP) is 3.95. The molecule has 2 aromatic rings. The molecule has 1 heterocycles. The van der Waals surface area contributed by atoms with Crippen molar-refractivity contribution in [2.75, 3.05) is 0 Å². The number of benzene rings is 1. The van der Waals surface area contributed by atoms with Crippen LogP contribution in [0.2, 0.25) is 0 Å². The third-order valence-corrected chi connectivity index (χ3v) is 9.55. The molecule has 0 amide bonds. The molecule has 0 spiro atoms. The highest BCUT2D eigenvalue weighted by atomic mass is 32.2. The maximum Gasteiger partial charge on any atom is 0.312 e. The third-order valence-electron chi connectivity index (χ3n) is 7.85. The van der Waals surface area contributed by atoms with Crippen molar-refractivity contribution in [3.8, 4) is 5.75 Å². The van der Waals surface area contributed by atoms with Gasteiger partial charge in [-0.15, -0.1) is 0 Å². The summed E-state index contributed by atoms with van der Waals surface area (Å²) < 4.78 is 31.4. The molecule has 32 heavy (non-hydrogen) atoms. The summed E-state index contributed by atoms with van der Waals surface area (Å²) in [6.45, 7) is 0. The maximum atomic E-state index is 13.2. The summed E-state index contributed by atoms with van der Waals surface area (Å²) >= 11 is 0. The van der Waals surface area contributed by atoms with Crippen LogP contribution >= 0.6 is 0 Å². The van der Waals surface area contributed by atoms with E-state index in [9.17, 15) is 18.0 Å². The first-order chi connectivity index (χ1) is 15.4. The van der Waals surface area contributed by atoms with Crippen LogP contribution < -0.4 is 4.18 Å². The molecular formula is C25H25NO5S. The molecule has 1 aromatic heterocycles. The summed E-state index contributed by atoms with van der Waals surface area (Å²) in [6, 6.07) is 8.66. The highest BCUT2D eigenvalue weighted by Gasteiger charge is 2.60. The highest BCUT2D eigenvalue weighted by Crippen LogP contribution is 2.55. The molecule has 4 unspecified atom stereocenters. The van der Waals surface area contributed by atoms with Crippen LogP contribution in [0.3, 0.4) is 0 Å². The fourth-order valence-corrected chi connectivity index (χ4v) is 7.76. The fraction of sp³-hybridized carbons (Fsp3) is 0.480. The van der Waals surface area contributed by atoms with Gasteiger partial charge in [-0.05, 0) is 43.2 Å². The van der Waals surface area contributed by atoms with Gasteiger partial charge in [0.1, 0.15) is 11.4 Å². The monoisotopic (exact) mass is 451 g/mol. The van der Waals surface area contributed by atoms with E-state index in [0.717, 1.165) is 25.7 Å². The van der Waals surface area contributed by atoms with Gasteiger partial charge in [0.15, 0.2) is 17.3 Å². The normalized spacial score (nSPS) is 32.1. The number of hydrogen-bond donors (Lipinski definition) is 0. The SMILES string of the molecule is O=C1C(c2ccc3cccc(OS(=O)(=O)C4CCCCC4)c3n2)C(=O)C2C3C=CC(C3)C12. The molecule has 4 aliphatic carbocycles. The molecule has 6 rings (SSSR count). The number of allylic oxidation sites excluding steroid dienone is 2. The molecule has 6 nitrogen and oxygen atoms in total. The maximum absolute atomic E-state index is 13.2. The van der Waals surface area contributed by atoms with Crippen LogP contribution in [-0.2, 0) is 19.7 Å². The molecule has 1 aromatic carbocycles. The van der Waals surface area contributed by atoms with E-state index >= 15 is 0 Å². The molecule has 2 bridgehead atoms. The van der Waals surface area contributed by atoms with E-state index in [1.807, 2.05) is 6.07 Å². The van der Waals surface area contributed by atoms with Crippen molar-refractivity contribution in [3.05, 3.63) is 48.2 Å². The van der Waals surface area contributed by atoms with Gasteiger partial charge in [0.2, 0.25) is 0 Å². The molecule has 3 fully saturated rings. The highest BCUT2D eigenvalue weighted by molar-refractivity contribution is 7.87. The number of pyridine rings is 1. The Hall–Kier alpha value is -2.54. The summed E-state index contributed by atoms with van der Waals surface area (Å²) in [5.41, 5.74) is 0.774. The Morgan fingerprint density at radius 1 is 0.875 bits per heavy atom. The Bertz CT molecular complexity index is 1230. The van der Waals surface area contributed by atoms with Gasteiger partial charge in [-0.25, -0.2) is 4.98 Å². The van der Waals surface area contributed by atoms with Crippen molar-refractivity contribution < 1.29 is 22.2 Å². The lowest BCUT2D eigenvalue weighted by molar-refractivity contribution is -0.125. The van der Waals surface area contributed by atoms with Crippen molar-refractivity contribution in [1.29, 1.82) is 0 Å². The Balaban J connectivity index is 1.36. The van der Waals surface area contributed by atoms with Crippen LogP contribution in [0.25, 0.3) is 10.9 Å². The number of carbonyl (C=O) groups excluding carboxylic acids is 2. The van der Waals surface area contributed by atoms with E-state index in [1.165, 1.54) is 0 Å². The first-order valence-electron chi connectivity index (χ1n) is 11.5. The first-order valence-corrected chi connectivity index (χ1v) is 13.0. The van der Waals surface area contributed by atoms with Crippen molar-refractivity contribution in [2.24, 2.45) is 23.7 Å². The van der Waals surface area contributed by atoms with Gasteiger partial charge >= 0.3 is 10.1 Å². The van der Waals surface area contributed by atoms with Crippen molar-refractivity contribution in [1.82, 2.24) is 4.98 Å². The van der Waals surface area contributed by atoms with Crippen LogP contribution in [0.4, 0.5) is 0 Å². The number of ketones is 2. The Morgan fingerprint density at radius 2 is 1.56 bits per heavy atom. The van der Waals surface area contributed by atoms with Crippen LogP contribution in [0, 0.1) is 23.7 Å². The standard InChI is InChI=1S/C25H25NO5S/c27-24-20-15-9-10-16(13-15)21(20)25(28)22(24)18-12-11-14-5-4-8-19(23(14)26-18)31-32(29,30)17-6-2-1-3-7-17/h4-5,8-12,15-17,20-22H,1-3,6-7,13H2. The lowest BCUT2D eigenvalue weighted by Crippen LogP contribution is -2.28. The molecule has 4 atom stereocenters. The predicted molar refractivity (Wildman–Crippen MR) is 119 cm³/mol. The van der Waals surface area contributed by atoms with Gasteiger partial charge in [-0.1, -0.05) is 49.6 Å². The van der Waals surface area contributed by atoms with Crippen LogP contribution in [0.1, 0.15) is 50.1 Å². The molecule has 7 heteroatoms. The van der Waals surface area contributed by atoms with E-state index in [-0.39, 0.29) is 41.0 Å². The minimum absolute atomic E-state index is 0.0445. The number of Topliss-reactive ketones (excluding diaryl/α,β-unsaturated/α-hetero) is 2. The average Bonchev–Trinajstić information content (AvgIpc) is 3.48. The molecule has 166 valence electrons. The van der Waals surface area contributed by atoms with Gasteiger partial charge in [-0.2, -0.15) is 8.42 Å². The minimum atomic E-state index is -3.78. The largest absolute Gasteiger partial charge is 0.380 e. The molecule has 0 aliphatic heterocycles. The molecule has 3 saturated carbocycles. The second-order valence-corrected chi connectivity index (χ2v) is 11.5. The van der Waals surface area contributed by atoms with Crippen molar-refractivity contribution in [3.63, 3.8) is 0 Å². The summed E-state index contributed by atoms with van der Waals surface area (Å²) in [6.07, 6.45) is 9.08. The second-order valence-electron chi connectivity index (χ2n) is 9.64. The van der Waals surface area contributed by atoms with E-state index in [2.05, 4.69) is 17.1 Å². The molecule has 0 N–H and O–H groups in total. The Morgan fingerprint density at radius 3 is 2.25 bits per heavy atom. The zero-order chi connectivity index (χ0) is 22.0. The van der Waals surface area contributed by atoms with Gasteiger partial charge in [-0.3, -0.25) is 9.59 Å². The minimum Gasteiger partial charge on any atom is -0.380 e.